The minimum absolute atomic E-state index is 0.102. The molecule has 29 heavy (non-hydrogen) atoms. The number of nitrogens with zero attached hydrogens (tertiary/aromatic N) is 4. The van der Waals surface area contributed by atoms with Crippen LogP contribution in [0.5, 0.6) is 0 Å². The fourth-order valence-corrected chi connectivity index (χ4v) is 3.49. The van der Waals surface area contributed by atoms with Gasteiger partial charge in [0, 0.05) is 41.2 Å². The number of hydrogen-bond acceptors (Lipinski definition) is 4. The van der Waals surface area contributed by atoms with Gasteiger partial charge in [-0.15, -0.1) is 0 Å². The summed E-state index contributed by atoms with van der Waals surface area (Å²) in [6, 6.07) is 17.5. The van der Waals surface area contributed by atoms with Crippen molar-refractivity contribution in [3.05, 3.63) is 77.0 Å². The molecule has 0 radical (unpaired) electrons. The van der Waals surface area contributed by atoms with Crippen LogP contribution in [0.1, 0.15) is 24.2 Å². The van der Waals surface area contributed by atoms with E-state index in [9.17, 15) is 4.79 Å². The van der Waals surface area contributed by atoms with Gasteiger partial charge in [0.05, 0.1) is 5.56 Å². The number of amides is 1. The van der Waals surface area contributed by atoms with Crippen LogP contribution in [-0.4, -0.2) is 47.0 Å². The third kappa shape index (κ3) is 5.49. The summed E-state index contributed by atoms with van der Waals surface area (Å²) in [5.74, 6) is 0.508. The minimum Gasteiger partial charge on any atom is -0.307 e. The summed E-state index contributed by atoms with van der Waals surface area (Å²) < 4.78 is 0.936. The molecule has 2 aromatic carbocycles. The van der Waals surface area contributed by atoms with Crippen LogP contribution in [0.15, 0.2) is 71.5 Å². The molecular weight excluding hydrogens is 428 g/mol. The summed E-state index contributed by atoms with van der Waals surface area (Å²) in [4.78, 5) is 26.2. The average Bonchev–Trinajstić information content (AvgIpc) is 2.77. The summed E-state index contributed by atoms with van der Waals surface area (Å²) in [6.07, 6.45) is 3.22. The van der Waals surface area contributed by atoms with Crippen molar-refractivity contribution in [3.63, 3.8) is 0 Å². The molecule has 0 saturated heterocycles. The van der Waals surface area contributed by atoms with Crippen molar-refractivity contribution in [2.45, 2.75) is 13.8 Å². The second-order valence-corrected chi connectivity index (χ2v) is 7.54. The highest BCUT2D eigenvalue weighted by atomic mass is 79.9. The molecule has 3 rings (SSSR count). The summed E-state index contributed by atoms with van der Waals surface area (Å²) in [6.45, 7) is 7.55. The maximum atomic E-state index is 13.3. The largest absolute Gasteiger partial charge is 0.307 e. The van der Waals surface area contributed by atoms with E-state index < -0.39 is 0 Å². The fraction of sp³-hybridized carbons (Fsp3) is 0.261. The zero-order chi connectivity index (χ0) is 20.6. The maximum Gasteiger partial charge on any atom is 0.261 e. The molecule has 150 valence electrons. The van der Waals surface area contributed by atoms with Crippen molar-refractivity contribution in [1.29, 1.82) is 0 Å². The van der Waals surface area contributed by atoms with Crippen molar-refractivity contribution in [1.82, 2.24) is 14.9 Å². The molecule has 1 heterocycles. The average molecular weight is 453 g/mol. The molecule has 5 nitrogen and oxygen atoms in total. The number of carbonyl (C=O) groups is 1. The van der Waals surface area contributed by atoms with Crippen molar-refractivity contribution in [3.8, 4) is 11.4 Å². The zero-order valence-corrected chi connectivity index (χ0v) is 18.3. The topological polar surface area (TPSA) is 49.3 Å². The smallest absolute Gasteiger partial charge is 0.261 e. The third-order valence-corrected chi connectivity index (χ3v) is 5.32. The van der Waals surface area contributed by atoms with Gasteiger partial charge in [0.1, 0.15) is 0 Å². The lowest BCUT2D eigenvalue weighted by Crippen LogP contribution is -2.39. The first-order valence-electron chi connectivity index (χ1n) is 9.79. The van der Waals surface area contributed by atoms with Crippen molar-refractivity contribution < 1.29 is 4.79 Å². The predicted octanol–water partition coefficient (Wildman–Crippen LogP) is 4.89. The van der Waals surface area contributed by atoms with Crippen molar-refractivity contribution >= 4 is 27.5 Å². The molecular formula is C23H25BrN4O. The lowest BCUT2D eigenvalue weighted by Gasteiger charge is -2.26. The number of halogens is 1. The van der Waals surface area contributed by atoms with E-state index in [1.165, 1.54) is 0 Å². The molecule has 0 spiro atoms. The molecule has 0 saturated carbocycles. The highest BCUT2D eigenvalue weighted by molar-refractivity contribution is 9.10. The normalized spacial score (nSPS) is 10.9. The second kappa shape index (κ2) is 10.3. The maximum absolute atomic E-state index is 13.3. The molecule has 0 unspecified atom stereocenters. The lowest BCUT2D eigenvalue weighted by molar-refractivity contribution is 0.0983. The van der Waals surface area contributed by atoms with Crippen LogP contribution in [0.25, 0.3) is 11.4 Å². The molecule has 0 aliphatic heterocycles. The molecule has 0 atom stereocenters. The predicted molar refractivity (Wildman–Crippen MR) is 121 cm³/mol. The molecule has 0 fully saturated rings. The van der Waals surface area contributed by atoms with Crippen molar-refractivity contribution in [2.24, 2.45) is 0 Å². The van der Waals surface area contributed by atoms with Crippen LogP contribution >= 0.6 is 15.9 Å². The first-order chi connectivity index (χ1) is 14.1. The minimum atomic E-state index is -0.102. The van der Waals surface area contributed by atoms with Gasteiger partial charge >= 0.3 is 0 Å². The second-order valence-electron chi connectivity index (χ2n) is 6.62. The van der Waals surface area contributed by atoms with E-state index >= 15 is 0 Å². The molecule has 0 N–H and O–H groups in total. The summed E-state index contributed by atoms with van der Waals surface area (Å²) in [5, 5.41) is 0. The van der Waals surface area contributed by atoms with Crippen LogP contribution in [0.2, 0.25) is 0 Å². The Balaban J connectivity index is 1.85. The standard InChI is InChI=1S/C23H25BrN4O/c1-3-27(4-2)13-14-28(21-12-8-11-20(24)15-21)23(29)19-16-25-22(26-17-19)18-9-6-5-7-10-18/h5-12,15-17H,3-4,13-14H2,1-2H3. The Hall–Kier alpha value is -2.57. The van der Waals surface area contributed by atoms with E-state index in [0.29, 0.717) is 17.9 Å². The van der Waals surface area contributed by atoms with Crippen molar-refractivity contribution in [2.75, 3.05) is 31.1 Å². The summed E-state index contributed by atoms with van der Waals surface area (Å²) in [7, 11) is 0. The number of carbonyl (C=O) groups excluding carboxylic acids is 1. The van der Waals surface area contributed by atoms with Crippen LogP contribution in [-0.2, 0) is 0 Å². The van der Waals surface area contributed by atoms with E-state index in [1.54, 1.807) is 17.3 Å². The third-order valence-electron chi connectivity index (χ3n) is 4.83. The Bertz CT molecular complexity index is 927. The summed E-state index contributed by atoms with van der Waals surface area (Å²) in [5.41, 5.74) is 2.25. The van der Waals surface area contributed by atoms with Gasteiger partial charge in [0.25, 0.3) is 5.91 Å². The molecule has 0 aliphatic carbocycles. The van der Waals surface area contributed by atoms with E-state index in [0.717, 1.165) is 35.4 Å². The number of aromatic nitrogens is 2. The Morgan fingerprint density at radius 2 is 1.62 bits per heavy atom. The van der Waals surface area contributed by atoms with Crippen LogP contribution in [0.3, 0.4) is 0 Å². The molecule has 1 amide bonds. The Labute approximate surface area is 180 Å². The summed E-state index contributed by atoms with van der Waals surface area (Å²) >= 11 is 3.51. The molecule has 0 bridgehead atoms. The Kier molecular flexibility index (Phi) is 7.49. The lowest BCUT2D eigenvalue weighted by atomic mass is 10.2. The van der Waals surface area contributed by atoms with E-state index in [2.05, 4.69) is 44.6 Å². The quantitative estimate of drug-likeness (QED) is 0.487. The van der Waals surface area contributed by atoms with Gasteiger partial charge in [-0.3, -0.25) is 4.79 Å². The number of likely N-dealkylation sites (N-methyl/N-ethyl adjacent to an activating group) is 1. The molecule has 0 aliphatic rings. The highest BCUT2D eigenvalue weighted by Gasteiger charge is 2.20. The SMILES string of the molecule is CCN(CC)CCN(C(=O)c1cnc(-c2ccccc2)nc1)c1cccc(Br)c1. The number of benzene rings is 2. The van der Waals surface area contributed by atoms with Crippen LogP contribution < -0.4 is 4.90 Å². The number of rotatable bonds is 8. The van der Waals surface area contributed by atoms with Gasteiger partial charge in [-0.1, -0.05) is 66.2 Å². The first kappa shape index (κ1) is 21.1. The van der Waals surface area contributed by atoms with Gasteiger partial charge in [0.15, 0.2) is 5.82 Å². The number of anilines is 1. The monoisotopic (exact) mass is 452 g/mol. The Morgan fingerprint density at radius 1 is 0.931 bits per heavy atom. The van der Waals surface area contributed by atoms with Gasteiger partial charge < -0.3 is 9.80 Å². The van der Waals surface area contributed by atoms with E-state index in [1.807, 2.05) is 54.6 Å². The highest BCUT2D eigenvalue weighted by Crippen LogP contribution is 2.22. The first-order valence-corrected chi connectivity index (χ1v) is 10.6. The number of hydrogen-bond donors (Lipinski definition) is 0. The Morgan fingerprint density at radius 3 is 2.24 bits per heavy atom. The molecule has 6 heteroatoms. The molecule has 3 aromatic rings. The van der Waals surface area contributed by atoms with Gasteiger partial charge in [0.2, 0.25) is 0 Å². The van der Waals surface area contributed by atoms with Gasteiger partial charge in [-0.2, -0.15) is 0 Å². The van der Waals surface area contributed by atoms with E-state index in [-0.39, 0.29) is 5.91 Å². The fourth-order valence-electron chi connectivity index (χ4n) is 3.10. The van der Waals surface area contributed by atoms with Crippen LogP contribution in [0.4, 0.5) is 5.69 Å². The van der Waals surface area contributed by atoms with E-state index in [4.69, 9.17) is 0 Å². The van der Waals surface area contributed by atoms with Crippen LogP contribution in [0, 0.1) is 0 Å². The zero-order valence-electron chi connectivity index (χ0n) is 16.8. The van der Waals surface area contributed by atoms with Gasteiger partial charge in [-0.25, -0.2) is 9.97 Å². The van der Waals surface area contributed by atoms with Gasteiger partial charge in [-0.05, 0) is 31.3 Å². The molecule has 1 aromatic heterocycles.